The summed E-state index contributed by atoms with van der Waals surface area (Å²) in [4.78, 5) is 22.3. The van der Waals surface area contributed by atoms with Crippen molar-refractivity contribution in [3.8, 4) is 22.9 Å². The van der Waals surface area contributed by atoms with Crippen molar-refractivity contribution in [1.29, 1.82) is 5.26 Å². The van der Waals surface area contributed by atoms with Gasteiger partial charge in [0.1, 0.15) is 29.6 Å². The Balaban J connectivity index is 1.77. The van der Waals surface area contributed by atoms with Gasteiger partial charge in [-0.05, 0) is 48.6 Å². The van der Waals surface area contributed by atoms with E-state index in [4.69, 9.17) is 5.73 Å². The molecule has 0 amide bonds. The molecule has 2 aromatic carbocycles. The van der Waals surface area contributed by atoms with Crippen molar-refractivity contribution in [2.75, 3.05) is 11.1 Å². The van der Waals surface area contributed by atoms with Crippen molar-refractivity contribution in [3.05, 3.63) is 94.4 Å². The second kappa shape index (κ2) is 9.00. The van der Waals surface area contributed by atoms with E-state index < -0.39 is 6.04 Å². The molecule has 1 unspecified atom stereocenters. The number of fused-ring (bicyclic) bond motifs is 1. The number of nitrogens with one attached hydrogen (secondary N) is 1. The summed E-state index contributed by atoms with van der Waals surface area (Å²) in [5.41, 5.74) is 10.1. The van der Waals surface area contributed by atoms with Crippen molar-refractivity contribution < 1.29 is 0 Å². The Morgan fingerprint density at radius 3 is 2.61 bits per heavy atom. The molecule has 36 heavy (non-hydrogen) atoms. The Labute approximate surface area is 207 Å². The first-order valence-corrected chi connectivity index (χ1v) is 11.4. The number of hydrogen-bond donors (Lipinski definition) is 2. The van der Waals surface area contributed by atoms with Crippen LogP contribution in [0.4, 0.5) is 11.6 Å². The van der Waals surface area contributed by atoms with Crippen LogP contribution in [-0.2, 0) is 7.05 Å². The van der Waals surface area contributed by atoms with Crippen LogP contribution >= 0.6 is 0 Å². The predicted molar refractivity (Wildman–Crippen MR) is 140 cm³/mol. The number of nitrogen functional groups attached to an aromatic ring is 1. The van der Waals surface area contributed by atoms with Crippen LogP contribution in [0.3, 0.4) is 0 Å². The summed E-state index contributed by atoms with van der Waals surface area (Å²) in [5, 5.41) is 18.5. The summed E-state index contributed by atoms with van der Waals surface area (Å²) in [6.07, 6.45) is 4.97. The van der Waals surface area contributed by atoms with E-state index in [1.807, 2.05) is 75.6 Å². The van der Waals surface area contributed by atoms with Gasteiger partial charge in [-0.3, -0.25) is 14.0 Å². The number of hydrogen-bond acceptors (Lipinski definition) is 7. The number of pyridine rings is 1. The lowest BCUT2D eigenvalue weighted by Crippen LogP contribution is -2.26. The second-order valence-corrected chi connectivity index (χ2v) is 8.69. The first kappa shape index (κ1) is 22.8. The molecule has 0 aliphatic heterocycles. The van der Waals surface area contributed by atoms with Gasteiger partial charge in [0.2, 0.25) is 0 Å². The molecule has 0 aliphatic rings. The van der Waals surface area contributed by atoms with Crippen LogP contribution in [0.5, 0.6) is 0 Å². The second-order valence-electron chi connectivity index (χ2n) is 8.69. The van der Waals surface area contributed by atoms with Gasteiger partial charge in [-0.15, -0.1) is 0 Å². The normalized spacial score (nSPS) is 11.8. The Morgan fingerprint density at radius 1 is 1.14 bits per heavy atom. The maximum Gasteiger partial charge on any atom is 0.263 e. The lowest BCUT2D eigenvalue weighted by molar-refractivity contribution is 0.768. The summed E-state index contributed by atoms with van der Waals surface area (Å²) >= 11 is 0. The Kier molecular flexibility index (Phi) is 5.70. The minimum absolute atomic E-state index is 0.0953. The summed E-state index contributed by atoms with van der Waals surface area (Å²) in [6.45, 7) is 3.92. The standard InChI is InChI=1S/C27H24N8O/c1-16-9-18-11-23(17(2)33-26-22(12-28)25(29)30-15-31-26)35(20-7-5-4-6-8-20)27(36)24(18)21(10-16)19-13-32-34(3)14-19/h4-11,13-15,17H,1-3H3,(H3,29,30,31,33). The Morgan fingerprint density at radius 2 is 1.92 bits per heavy atom. The highest BCUT2D eigenvalue weighted by Gasteiger charge is 2.21. The van der Waals surface area contributed by atoms with E-state index >= 15 is 0 Å². The van der Waals surface area contributed by atoms with Crippen LogP contribution in [-0.4, -0.2) is 24.3 Å². The molecule has 3 heterocycles. The third kappa shape index (κ3) is 3.95. The smallest absolute Gasteiger partial charge is 0.263 e. The van der Waals surface area contributed by atoms with Crippen LogP contribution < -0.4 is 16.6 Å². The number of nitrogens with zero attached hydrogens (tertiary/aromatic N) is 6. The van der Waals surface area contributed by atoms with Crippen molar-refractivity contribution in [2.45, 2.75) is 19.9 Å². The minimum atomic E-state index is -0.397. The molecule has 9 nitrogen and oxygen atoms in total. The molecule has 0 aliphatic carbocycles. The van der Waals surface area contributed by atoms with Crippen LogP contribution in [0.25, 0.3) is 27.6 Å². The van der Waals surface area contributed by atoms with Crippen LogP contribution in [0.15, 0.2) is 72.0 Å². The molecule has 0 fully saturated rings. The minimum Gasteiger partial charge on any atom is -0.382 e. The summed E-state index contributed by atoms with van der Waals surface area (Å²) < 4.78 is 3.42. The average Bonchev–Trinajstić information content (AvgIpc) is 3.30. The first-order valence-electron chi connectivity index (χ1n) is 11.4. The van der Waals surface area contributed by atoms with E-state index in [-0.39, 0.29) is 16.9 Å². The fraction of sp³-hybridized carbons (Fsp3) is 0.148. The Hall–Kier alpha value is -4.97. The fourth-order valence-electron chi connectivity index (χ4n) is 4.47. The highest BCUT2D eigenvalue weighted by atomic mass is 16.1. The lowest BCUT2D eigenvalue weighted by Gasteiger charge is -2.22. The predicted octanol–water partition coefficient (Wildman–Crippen LogP) is 4.12. The van der Waals surface area contributed by atoms with E-state index in [1.165, 1.54) is 6.33 Å². The number of aryl methyl sites for hydroxylation is 2. The van der Waals surface area contributed by atoms with Crippen molar-refractivity contribution >= 4 is 22.4 Å². The number of benzene rings is 2. The zero-order valence-electron chi connectivity index (χ0n) is 20.1. The van der Waals surface area contributed by atoms with Crippen molar-refractivity contribution in [3.63, 3.8) is 0 Å². The summed E-state index contributed by atoms with van der Waals surface area (Å²) in [5.74, 6) is 0.405. The first-order chi connectivity index (χ1) is 17.4. The molecule has 9 heteroatoms. The molecule has 5 aromatic rings. The molecule has 0 saturated heterocycles. The summed E-state index contributed by atoms with van der Waals surface area (Å²) in [6, 6.07) is 17.2. The van der Waals surface area contributed by atoms with E-state index in [2.05, 4.69) is 26.5 Å². The van der Waals surface area contributed by atoms with Gasteiger partial charge in [0, 0.05) is 30.2 Å². The van der Waals surface area contributed by atoms with E-state index in [1.54, 1.807) is 15.4 Å². The zero-order chi connectivity index (χ0) is 25.4. The van der Waals surface area contributed by atoms with Crippen LogP contribution in [0.1, 0.15) is 29.8 Å². The number of aromatic nitrogens is 5. The molecule has 0 radical (unpaired) electrons. The fourth-order valence-corrected chi connectivity index (χ4v) is 4.47. The number of para-hydroxylation sites is 1. The number of rotatable bonds is 5. The number of nitriles is 1. The third-order valence-electron chi connectivity index (χ3n) is 6.11. The van der Waals surface area contributed by atoms with Crippen molar-refractivity contribution in [2.24, 2.45) is 7.05 Å². The highest BCUT2D eigenvalue weighted by Crippen LogP contribution is 2.31. The maximum atomic E-state index is 14.2. The average molecular weight is 477 g/mol. The van der Waals surface area contributed by atoms with Crippen LogP contribution in [0.2, 0.25) is 0 Å². The molecule has 5 rings (SSSR count). The SMILES string of the molecule is Cc1cc(-c2cnn(C)c2)c2c(=O)n(-c3ccccc3)c(C(C)Nc3ncnc(N)c3C#N)cc2c1. The molecule has 0 spiro atoms. The maximum absolute atomic E-state index is 14.2. The largest absolute Gasteiger partial charge is 0.382 e. The third-order valence-corrected chi connectivity index (χ3v) is 6.11. The van der Waals surface area contributed by atoms with Gasteiger partial charge in [0.25, 0.3) is 5.56 Å². The van der Waals surface area contributed by atoms with Gasteiger partial charge in [0.05, 0.1) is 17.6 Å². The van der Waals surface area contributed by atoms with Gasteiger partial charge < -0.3 is 11.1 Å². The zero-order valence-corrected chi connectivity index (χ0v) is 20.1. The topological polar surface area (TPSA) is 127 Å². The van der Waals surface area contributed by atoms with Crippen LogP contribution in [0, 0.1) is 18.3 Å². The molecule has 178 valence electrons. The van der Waals surface area contributed by atoms with Gasteiger partial charge >= 0.3 is 0 Å². The van der Waals surface area contributed by atoms with Gasteiger partial charge in [-0.2, -0.15) is 10.4 Å². The number of anilines is 2. The van der Waals surface area contributed by atoms with E-state index in [0.717, 1.165) is 27.8 Å². The van der Waals surface area contributed by atoms with Gasteiger partial charge in [-0.25, -0.2) is 9.97 Å². The Bertz CT molecular complexity index is 1700. The quantitative estimate of drug-likeness (QED) is 0.391. The van der Waals surface area contributed by atoms with Gasteiger partial charge in [-0.1, -0.05) is 30.3 Å². The molecular weight excluding hydrogens is 452 g/mol. The lowest BCUT2D eigenvalue weighted by atomic mass is 9.97. The molecule has 0 saturated carbocycles. The van der Waals surface area contributed by atoms with E-state index in [0.29, 0.717) is 16.9 Å². The van der Waals surface area contributed by atoms with Gasteiger partial charge in [0.15, 0.2) is 0 Å². The number of nitrogens with two attached hydrogens (primary N) is 1. The molecule has 3 aromatic heterocycles. The van der Waals surface area contributed by atoms with Crippen molar-refractivity contribution in [1.82, 2.24) is 24.3 Å². The molecule has 1 atom stereocenters. The van der Waals surface area contributed by atoms with E-state index in [9.17, 15) is 10.1 Å². The molecule has 0 bridgehead atoms. The summed E-state index contributed by atoms with van der Waals surface area (Å²) in [7, 11) is 1.85. The highest BCUT2D eigenvalue weighted by molar-refractivity contribution is 5.97. The molecular formula is C27H24N8O. The molecule has 3 N–H and O–H groups in total. The monoisotopic (exact) mass is 476 g/mol.